The monoisotopic (exact) mass is 417 g/mol. The van der Waals surface area contributed by atoms with Crippen molar-refractivity contribution in [1.29, 1.82) is 5.26 Å². The molecule has 2 aromatic carbocycles. The number of nitrogens with one attached hydrogen (secondary N) is 1. The van der Waals surface area contributed by atoms with Crippen LogP contribution in [0.2, 0.25) is 5.02 Å². The quantitative estimate of drug-likeness (QED) is 0.813. The Morgan fingerprint density at radius 3 is 2.54 bits per heavy atom. The summed E-state index contributed by atoms with van der Waals surface area (Å²) in [6.45, 7) is 2.44. The summed E-state index contributed by atoms with van der Waals surface area (Å²) in [5, 5.41) is 11.8. The van der Waals surface area contributed by atoms with E-state index in [1.54, 1.807) is 6.07 Å². The van der Waals surface area contributed by atoms with E-state index < -0.39 is 15.9 Å². The molecule has 28 heavy (non-hydrogen) atoms. The number of hydrogen-bond acceptors (Lipinski definition) is 4. The minimum Gasteiger partial charge on any atom is -0.322 e. The third-order valence-corrected chi connectivity index (χ3v) is 7.15. The molecule has 3 rings (SSSR count). The molecule has 1 fully saturated rings. The van der Waals surface area contributed by atoms with Gasteiger partial charge in [0.2, 0.25) is 10.0 Å². The third-order valence-electron chi connectivity index (χ3n) is 4.81. The second kappa shape index (κ2) is 8.31. The molecule has 0 bridgehead atoms. The molecule has 1 N–H and O–H groups in total. The molecule has 1 unspecified atom stereocenters. The Kier molecular flexibility index (Phi) is 6.04. The highest BCUT2D eigenvalue weighted by atomic mass is 35.5. The summed E-state index contributed by atoms with van der Waals surface area (Å²) >= 11 is 5.97. The topological polar surface area (TPSA) is 90.3 Å². The fraction of sp³-hybridized carbons (Fsp3) is 0.300. The highest BCUT2D eigenvalue weighted by Gasteiger charge is 2.30. The number of carbonyl (C=O) groups excluding carboxylic acids is 1. The summed E-state index contributed by atoms with van der Waals surface area (Å²) in [5.74, 6) is -0.393. The van der Waals surface area contributed by atoms with Crippen molar-refractivity contribution in [2.75, 3.05) is 11.9 Å². The Balaban J connectivity index is 1.76. The standard InChI is InChI=1S/C20H20ClN3O3S/c1-14-4-2-3-11-24(14)28(26,27)18-9-6-15(7-10-18)20(25)23-17-8-5-16(13-22)19(21)12-17/h5-10,12,14H,2-4,11H2,1H3,(H,23,25). The van der Waals surface area contributed by atoms with Crippen molar-refractivity contribution < 1.29 is 13.2 Å². The Morgan fingerprint density at radius 1 is 1.21 bits per heavy atom. The minimum absolute atomic E-state index is 0.0251. The average Bonchev–Trinajstić information content (AvgIpc) is 2.68. The van der Waals surface area contributed by atoms with Crippen LogP contribution in [0.25, 0.3) is 0 Å². The number of anilines is 1. The van der Waals surface area contributed by atoms with E-state index >= 15 is 0 Å². The summed E-state index contributed by atoms with van der Waals surface area (Å²) in [7, 11) is -3.57. The number of hydrogen-bond donors (Lipinski definition) is 1. The van der Waals surface area contributed by atoms with Crippen molar-refractivity contribution >= 4 is 33.2 Å². The van der Waals surface area contributed by atoms with Crippen LogP contribution >= 0.6 is 11.6 Å². The number of piperidine rings is 1. The Morgan fingerprint density at radius 2 is 1.93 bits per heavy atom. The minimum atomic E-state index is -3.57. The van der Waals surface area contributed by atoms with Gasteiger partial charge < -0.3 is 5.32 Å². The van der Waals surface area contributed by atoms with E-state index in [1.165, 1.54) is 40.7 Å². The molecule has 146 valence electrons. The van der Waals surface area contributed by atoms with Gasteiger partial charge in [0.15, 0.2) is 0 Å². The Hall–Kier alpha value is -2.40. The van der Waals surface area contributed by atoms with E-state index in [-0.39, 0.29) is 16.0 Å². The first-order valence-corrected chi connectivity index (χ1v) is 10.8. The van der Waals surface area contributed by atoms with Crippen LogP contribution in [0.4, 0.5) is 5.69 Å². The molecule has 0 aliphatic carbocycles. The van der Waals surface area contributed by atoms with Crippen LogP contribution in [0.15, 0.2) is 47.4 Å². The van der Waals surface area contributed by atoms with Crippen LogP contribution in [0.1, 0.15) is 42.1 Å². The summed E-state index contributed by atoms with van der Waals surface area (Å²) in [6, 6.07) is 12.4. The van der Waals surface area contributed by atoms with Crippen LogP contribution in [0, 0.1) is 11.3 Å². The first-order chi connectivity index (χ1) is 13.3. The SMILES string of the molecule is CC1CCCCN1S(=O)(=O)c1ccc(C(=O)Nc2ccc(C#N)c(Cl)c2)cc1. The van der Waals surface area contributed by atoms with E-state index in [1.807, 2.05) is 13.0 Å². The molecule has 2 aromatic rings. The second-order valence-electron chi connectivity index (χ2n) is 6.75. The van der Waals surface area contributed by atoms with Crippen LogP contribution in [-0.2, 0) is 10.0 Å². The molecular formula is C20H20ClN3O3S. The summed E-state index contributed by atoms with van der Waals surface area (Å²) in [6.07, 6.45) is 2.75. The van der Waals surface area contributed by atoms with Crippen molar-refractivity contribution in [2.24, 2.45) is 0 Å². The van der Waals surface area contributed by atoms with Gasteiger partial charge in [0.1, 0.15) is 6.07 Å². The second-order valence-corrected chi connectivity index (χ2v) is 9.04. The summed E-state index contributed by atoms with van der Waals surface area (Å²) < 4.78 is 27.2. The first kappa shape index (κ1) is 20.3. The molecule has 8 heteroatoms. The van der Waals surface area contributed by atoms with Crippen molar-refractivity contribution in [2.45, 2.75) is 37.1 Å². The van der Waals surface area contributed by atoms with Crippen LogP contribution in [-0.4, -0.2) is 31.2 Å². The van der Waals surface area contributed by atoms with E-state index in [0.29, 0.717) is 23.4 Å². The van der Waals surface area contributed by atoms with E-state index in [4.69, 9.17) is 16.9 Å². The van der Waals surface area contributed by atoms with Gasteiger partial charge in [-0.3, -0.25) is 4.79 Å². The molecule has 0 saturated carbocycles. The fourth-order valence-corrected chi connectivity index (χ4v) is 5.15. The lowest BCUT2D eigenvalue weighted by Crippen LogP contribution is -2.41. The maximum absolute atomic E-state index is 12.9. The van der Waals surface area contributed by atoms with E-state index in [0.717, 1.165) is 19.3 Å². The van der Waals surface area contributed by atoms with Crippen LogP contribution < -0.4 is 5.32 Å². The van der Waals surface area contributed by atoms with Crippen LogP contribution in [0.5, 0.6) is 0 Å². The van der Waals surface area contributed by atoms with E-state index in [2.05, 4.69) is 5.32 Å². The molecular weight excluding hydrogens is 398 g/mol. The lowest BCUT2D eigenvalue weighted by molar-refractivity contribution is 0.102. The maximum Gasteiger partial charge on any atom is 0.255 e. The highest BCUT2D eigenvalue weighted by Crippen LogP contribution is 2.25. The number of nitrogens with zero attached hydrogens (tertiary/aromatic N) is 2. The van der Waals surface area contributed by atoms with Gasteiger partial charge in [-0.05, 0) is 62.2 Å². The predicted molar refractivity (Wildman–Crippen MR) is 108 cm³/mol. The number of nitriles is 1. The zero-order valence-electron chi connectivity index (χ0n) is 15.4. The molecule has 1 saturated heterocycles. The van der Waals surface area contributed by atoms with Gasteiger partial charge in [-0.15, -0.1) is 0 Å². The normalized spacial score (nSPS) is 17.7. The zero-order chi connectivity index (χ0) is 20.3. The molecule has 1 amide bonds. The highest BCUT2D eigenvalue weighted by molar-refractivity contribution is 7.89. The molecule has 6 nitrogen and oxygen atoms in total. The number of halogens is 1. The third kappa shape index (κ3) is 4.20. The van der Waals surface area contributed by atoms with Crippen molar-refractivity contribution in [3.8, 4) is 6.07 Å². The molecule has 1 aliphatic heterocycles. The molecule has 0 radical (unpaired) electrons. The Labute approximate surface area is 169 Å². The fourth-order valence-electron chi connectivity index (χ4n) is 3.23. The lowest BCUT2D eigenvalue weighted by Gasteiger charge is -2.32. The lowest BCUT2D eigenvalue weighted by atomic mass is 10.1. The van der Waals surface area contributed by atoms with Gasteiger partial charge in [-0.2, -0.15) is 9.57 Å². The number of amides is 1. The summed E-state index contributed by atoms with van der Waals surface area (Å²) in [4.78, 5) is 12.6. The average molecular weight is 418 g/mol. The molecule has 1 heterocycles. The van der Waals surface area contributed by atoms with Gasteiger partial charge in [0.05, 0.1) is 15.5 Å². The maximum atomic E-state index is 12.9. The largest absolute Gasteiger partial charge is 0.322 e. The molecule has 1 aliphatic rings. The summed E-state index contributed by atoms with van der Waals surface area (Å²) in [5.41, 5.74) is 1.10. The Bertz CT molecular complexity index is 1030. The molecule has 0 aromatic heterocycles. The number of carbonyl (C=O) groups is 1. The van der Waals surface area contributed by atoms with Crippen molar-refractivity contribution in [3.05, 3.63) is 58.6 Å². The number of sulfonamides is 1. The van der Waals surface area contributed by atoms with Gasteiger partial charge in [0, 0.05) is 23.8 Å². The van der Waals surface area contributed by atoms with Gasteiger partial charge in [-0.1, -0.05) is 18.0 Å². The van der Waals surface area contributed by atoms with Gasteiger partial charge in [0.25, 0.3) is 5.91 Å². The van der Waals surface area contributed by atoms with Crippen molar-refractivity contribution in [1.82, 2.24) is 4.31 Å². The first-order valence-electron chi connectivity index (χ1n) is 8.96. The van der Waals surface area contributed by atoms with Crippen LogP contribution in [0.3, 0.4) is 0 Å². The zero-order valence-corrected chi connectivity index (χ0v) is 16.9. The smallest absolute Gasteiger partial charge is 0.255 e. The molecule has 1 atom stereocenters. The van der Waals surface area contributed by atoms with E-state index in [9.17, 15) is 13.2 Å². The van der Waals surface area contributed by atoms with Gasteiger partial charge in [-0.25, -0.2) is 8.42 Å². The number of benzene rings is 2. The molecule has 0 spiro atoms. The number of rotatable bonds is 4. The predicted octanol–water partition coefficient (Wildman–Crippen LogP) is 4.03. The van der Waals surface area contributed by atoms with Crippen molar-refractivity contribution in [3.63, 3.8) is 0 Å². The van der Waals surface area contributed by atoms with Gasteiger partial charge >= 0.3 is 0 Å².